The van der Waals surface area contributed by atoms with Crippen LogP contribution in [0.15, 0.2) is 230 Å². The van der Waals surface area contributed by atoms with Gasteiger partial charge in [0.15, 0.2) is 14.3 Å². The van der Waals surface area contributed by atoms with Gasteiger partial charge in [-0.05, 0) is 65.9 Å². The van der Waals surface area contributed by atoms with Crippen LogP contribution in [0.1, 0.15) is 20.3 Å². The van der Waals surface area contributed by atoms with E-state index in [0.29, 0.717) is 0 Å². The summed E-state index contributed by atoms with van der Waals surface area (Å²) in [5.41, 5.74) is 8.53. The number of fused-ring (bicyclic) bond motifs is 5. The van der Waals surface area contributed by atoms with Gasteiger partial charge in [-0.3, -0.25) is 4.40 Å². The lowest BCUT2D eigenvalue weighted by Gasteiger charge is -2.21. The monoisotopic (exact) mass is 865 g/mol. The molecule has 0 bridgehead atoms. The maximum Gasteiger partial charge on any atom is 0.171 e. The average molecular weight is 866 g/mol. The molecule has 64 heavy (non-hydrogen) atoms. The molecule has 0 saturated heterocycles. The van der Waals surface area contributed by atoms with Crippen LogP contribution in [0.3, 0.4) is 0 Å². The first-order valence-corrected chi connectivity index (χ1v) is 25.1. The number of hydrogen-bond acceptors (Lipinski definition) is 4. The summed E-state index contributed by atoms with van der Waals surface area (Å²) in [6.45, 7) is 4.05. The lowest BCUT2D eigenvalue weighted by molar-refractivity contribution is 0.590. The lowest BCUT2D eigenvalue weighted by Crippen LogP contribution is -2.24. The minimum atomic E-state index is -3.11. The van der Waals surface area contributed by atoms with Crippen molar-refractivity contribution in [2.45, 2.75) is 20.3 Å². The maximum atomic E-state index is 15.2. The van der Waals surface area contributed by atoms with E-state index in [1.54, 1.807) is 0 Å². The first-order chi connectivity index (χ1) is 31.4. The van der Waals surface area contributed by atoms with Gasteiger partial charge in [0, 0.05) is 42.8 Å². The Balaban J connectivity index is 1.04. The number of nitrogens with zero attached hydrogens (tertiary/aromatic N) is 3. The minimum Gasteiger partial charge on any atom is -0.309 e. The number of rotatable bonds is 11. The van der Waals surface area contributed by atoms with Crippen LogP contribution in [0.5, 0.6) is 0 Å². The van der Waals surface area contributed by atoms with E-state index in [-0.39, 0.29) is 0 Å². The van der Waals surface area contributed by atoms with Gasteiger partial charge in [0.25, 0.3) is 0 Å². The molecule has 10 aromatic rings. The molecule has 1 unspecified atom stereocenters. The number of benzene rings is 8. The lowest BCUT2D eigenvalue weighted by atomic mass is 10.0. The number of para-hydroxylation sites is 2. The summed E-state index contributed by atoms with van der Waals surface area (Å²) in [5.74, 6) is 0.790. The molecule has 0 aliphatic rings. The van der Waals surface area contributed by atoms with Gasteiger partial charge < -0.3 is 9.13 Å². The van der Waals surface area contributed by atoms with E-state index in [2.05, 4.69) is 90.2 Å². The zero-order chi connectivity index (χ0) is 43.7. The zero-order valence-corrected chi connectivity index (χ0v) is 37.4. The molecule has 310 valence electrons. The third-order valence-corrected chi connectivity index (χ3v) is 18.3. The van der Waals surface area contributed by atoms with Gasteiger partial charge in [-0.2, -0.15) is 0 Å². The Morgan fingerprint density at radius 1 is 0.500 bits per heavy atom. The number of allylic oxidation sites excluding steroid dienone is 4. The molecule has 8 aromatic carbocycles. The van der Waals surface area contributed by atoms with Gasteiger partial charge >= 0.3 is 0 Å². The van der Waals surface area contributed by atoms with Crippen molar-refractivity contribution in [3.63, 3.8) is 0 Å². The highest BCUT2D eigenvalue weighted by molar-refractivity contribution is 7.85. The molecule has 5 nitrogen and oxygen atoms in total. The normalized spacial score (nSPS) is 13.2. The molecular formula is C57H45N3O2P2. The van der Waals surface area contributed by atoms with Crippen LogP contribution < -0.4 is 26.5 Å². The predicted molar refractivity (Wildman–Crippen MR) is 270 cm³/mol. The molecule has 1 atom stereocenters. The minimum absolute atomic E-state index is 0.788. The van der Waals surface area contributed by atoms with E-state index in [1.165, 1.54) is 0 Å². The second-order valence-corrected chi connectivity index (χ2v) is 21.4. The summed E-state index contributed by atoms with van der Waals surface area (Å²) in [6.07, 6.45) is 6.93. The first kappa shape index (κ1) is 40.9. The number of imidazole rings is 1. The second kappa shape index (κ2) is 17.2. The van der Waals surface area contributed by atoms with Crippen molar-refractivity contribution in [3.05, 3.63) is 230 Å². The third kappa shape index (κ3) is 7.18. The summed E-state index contributed by atoms with van der Waals surface area (Å²) in [4.78, 5) is 10.6. The van der Waals surface area contributed by atoms with Crippen LogP contribution in [0.25, 0.3) is 61.2 Å². The van der Waals surface area contributed by atoms with E-state index < -0.39 is 14.3 Å². The standard InChI is InChI=1S/C57H45N3O2P2/c1-3-5-20-46(4-2)63(61,47-21-9-6-10-22-47)50-34-29-41(30-35-50)43-18-17-19-45(39-43)56-58-53-38-33-44(40-52(53)57-59-54-27-15-16-28-55(54)60(56)57)42-31-36-51(37-32-42)64(62,48-23-11-7-12-24-48)49-25-13-8-14-26-49/h4-40H,3H2,1-2H3/b20-5-,46-4+. The molecule has 0 amide bonds. The zero-order valence-electron chi connectivity index (χ0n) is 35.6. The molecule has 10 rings (SSSR count). The molecule has 0 fully saturated rings. The molecule has 2 heterocycles. The summed E-state index contributed by atoms with van der Waals surface area (Å²) in [6, 6.07) is 68.7. The molecule has 0 aliphatic heterocycles. The quantitative estimate of drug-likeness (QED) is 0.0960. The molecule has 0 saturated carbocycles. The van der Waals surface area contributed by atoms with Crippen LogP contribution in [0.4, 0.5) is 0 Å². The van der Waals surface area contributed by atoms with E-state index in [1.807, 2.05) is 153 Å². The fraction of sp³-hybridized carbons (Fsp3) is 0.0526. The summed E-state index contributed by atoms with van der Waals surface area (Å²) in [7, 11) is -6.22. The Labute approximate surface area is 373 Å². The van der Waals surface area contributed by atoms with E-state index in [9.17, 15) is 0 Å². The largest absolute Gasteiger partial charge is 0.309 e. The van der Waals surface area contributed by atoms with E-state index in [0.717, 1.165) is 99.5 Å². The third-order valence-electron chi connectivity index (χ3n) is 12.0. The van der Waals surface area contributed by atoms with Crippen molar-refractivity contribution in [2.75, 3.05) is 0 Å². The fourth-order valence-corrected chi connectivity index (χ4v) is 14.1. The van der Waals surface area contributed by atoms with Crippen LogP contribution >= 0.6 is 14.3 Å². The van der Waals surface area contributed by atoms with Crippen LogP contribution in [-0.4, -0.2) is 14.4 Å². The van der Waals surface area contributed by atoms with Crippen molar-refractivity contribution in [3.8, 4) is 33.6 Å². The van der Waals surface area contributed by atoms with Gasteiger partial charge in [0.1, 0.15) is 11.5 Å². The Bertz CT molecular complexity index is 3430. The van der Waals surface area contributed by atoms with Gasteiger partial charge in [-0.1, -0.05) is 201 Å². The number of aromatic nitrogens is 3. The summed E-state index contributed by atoms with van der Waals surface area (Å²) < 4.78 is 32.4. The van der Waals surface area contributed by atoms with Crippen molar-refractivity contribution in [1.82, 2.24) is 14.4 Å². The topological polar surface area (TPSA) is 64.3 Å². The maximum absolute atomic E-state index is 15.2. The van der Waals surface area contributed by atoms with Crippen LogP contribution in [-0.2, 0) is 9.13 Å². The molecule has 0 spiro atoms. The molecule has 7 heteroatoms. The van der Waals surface area contributed by atoms with Gasteiger partial charge in [-0.25, -0.2) is 9.97 Å². The highest BCUT2D eigenvalue weighted by atomic mass is 31.2. The van der Waals surface area contributed by atoms with Gasteiger partial charge in [0.05, 0.1) is 16.6 Å². The smallest absolute Gasteiger partial charge is 0.171 e. The molecule has 2 aromatic heterocycles. The Hall–Kier alpha value is -7.16. The highest BCUT2D eigenvalue weighted by Crippen LogP contribution is 2.52. The Morgan fingerprint density at radius 3 is 1.64 bits per heavy atom. The average Bonchev–Trinajstić information content (AvgIpc) is 3.77. The Kier molecular flexibility index (Phi) is 11.0. The Morgan fingerprint density at radius 2 is 1.02 bits per heavy atom. The van der Waals surface area contributed by atoms with Gasteiger partial charge in [0.2, 0.25) is 0 Å². The molecule has 0 radical (unpaired) electrons. The van der Waals surface area contributed by atoms with Crippen molar-refractivity contribution in [1.29, 1.82) is 0 Å². The van der Waals surface area contributed by atoms with Crippen molar-refractivity contribution < 1.29 is 9.13 Å². The second-order valence-electron chi connectivity index (χ2n) is 15.9. The SMILES string of the molecule is C/C=C(\C=C/CC)P(=O)(c1ccccc1)c1ccc(-c2cccc(-c3nc4ccc(-c5ccc(P(=O)(c6ccccc6)c6ccccc6)cc5)cc4c4nc5ccccc5n34)c2)cc1. The summed E-state index contributed by atoms with van der Waals surface area (Å²) in [5, 5.41) is 5.78. The molecule has 0 aliphatic carbocycles. The molecular weight excluding hydrogens is 821 g/mol. The van der Waals surface area contributed by atoms with Crippen molar-refractivity contribution >= 4 is 68.4 Å². The van der Waals surface area contributed by atoms with Crippen LogP contribution in [0, 0.1) is 0 Å². The predicted octanol–water partition coefficient (Wildman–Crippen LogP) is 12.9. The van der Waals surface area contributed by atoms with E-state index in [4.69, 9.17) is 9.97 Å². The van der Waals surface area contributed by atoms with Crippen LogP contribution in [0.2, 0.25) is 0 Å². The van der Waals surface area contributed by atoms with Crippen molar-refractivity contribution in [2.24, 2.45) is 0 Å². The van der Waals surface area contributed by atoms with Gasteiger partial charge in [-0.15, -0.1) is 0 Å². The fourth-order valence-electron chi connectivity index (χ4n) is 8.77. The summed E-state index contributed by atoms with van der Waals surface area (Å²) >= 11 is 0. The molecule has 0 N–H and O–H groups in total. The first-order valence-electron chi connectivity index (χ1n) is 21.6. The van der Waals surface area contributed by atoms with E-state index >= 15 is 9.13 Å². The number of hydrogen-bond donors (Lipinski definition) is 0. The highest BCUT2D eigenvalue weighted by Gasteiger charge is 2.31.